The SMILES string of the molecule is CC(NC(=O)c1cc(N)ccc1F)C1CCCCC1. The average Bonchev–Trinajstić information content (AvgIpc) is 2.42. The lowest BCUT2D eigenvalue weighted by atomic mass is 9.84. The second kappa shape index (κ2) is 6.04. The lowest BCUT2D eigenvalue weighted by Crippen LogP contribution is -2.39. The van der Waals surface area contributed by atoms with Gasteiger partial charge in [0.1, 0.15) is 5.82 Å². The summed E-state index contributed by atoms with van der Waals surface area (Å²) in [6.45, 7) is 2.00. The van der Waals surface area contributed by atoms with Gasteiger partial charge in [-0.25, -0.2) is 4.39 Å². The number of rotatable bonds is 3. The fourth-order valence-corrected chi connectivity index (χ4v) is 2.75. The van der Waals surface area contributed by atoms with Gasteiger partial charge in [-0.15, -0.1) is 0 Å². The Balaban J connectivity index is 2.01. The van der Waals surface area contributed by atoms with E-state index in [0.29, 0.717) is 11.6 Å². The van der Waals surface area contributed by atoms with E-state index in [-0.39, 0.29) is 17.5 Å². The molecule has 1 amide bonds. The normalized spacial score (nSPS) is 18.0. The molecule has 0 radical (unpaired) electrons. The molecule has 0 spiro atoms. The highest BCUT2D eigenvalue weighted by atomic mass is 19.1. The predicted molar refractivity (Wildman–Crippen MR) is 74.3 cm³/mol. The third-order valence-corrected chi connectivity index (χ3v) is 3.95. The molecule has 1 fully saturated rings. The maximum Gasteiger partial charge on any atom is 0.254 e. The van der Waals surface area contributed by atoms with Crippen LogP contribution in [0.4, 0.5) is 10.1 Å². The predicted octanol–water partition coefficient (Wildman–Crippen LogP) is 3.11. The van der Waals surface area contributed by atoms with Gasteiger partial charge in [0.25, 0.3) is 5.91 Å². The molecule has 1 atom stereocenters. The standard InChI is InChI=1S/C15H21FN2O/c1-10(11-5-3-2-4-6-11)18-15(19)13-9-12(17)7-8-14(13)16/h7-11H,2-6,17H2,1H3,(H,18,19). The molecule has 0 heterocycles. The first kappa shape index (κ1) is 13.8. The molecule has 3 nitrogen and oxygen atoms in total. The fraction of sp³-hybridized carbons (Fsp3) is 0.533. The van der Waals surface area contributed by atoms with Gasteiger partial charge < -0.3 is 11.1 Å². The Kier molecular flexibility index (Phi) is 4.40. The maximum atomic E-state index is 13.6. The van der Waals surface area contributed by atoms with E-state index in [4.69, 9.17) is 5.73 Å². The van der Waals surface area contributed by atoms with Gasteiger partial charge in [-0.05, 0) is 43.9 Å². The monoisotopic (exact) mass is 264 g/mol. The molecule has 1 aliphatic carbocycles. The summed E-state index contributed by atoms with van der Waals surface area (Å²) >= 11 is 0. The summed E-state index contributed by atoms with van der Waals surface area (Å²) in [5, 5.41) is 2.90. The molecular formula is C15H21FN2O. The second-order valence-corrected chi connectivity index (χ2v) is 5.40. The summed E-state index contributed by atoms with van der Waals surface area (Å²) in [6, 6.07) is 4.15. The van der Waals surface area contributed by atoms with Crippen LogP contribution in [0.1, 0.15) is 49.4 Å². The number of hydrogen-bond acceptors (Lipinski definition) is 2. The summed E-state index contributed by atoms with van der Waals surface area (Å²) < 4.78 is 13.6. The molecule has 19 heavy (non-hydrogen) atoms. The Morgan fingerprint density at radius 3 is 2.74 bits per heavy atom. The number of amides is 1. The molecule has 1 saturated carbocycles. The number of nitrogen functional groups attached to an aromatic ring is 1. The van der Waals surface area contributed by atoms with Crippen LogP contribution in [0.25, 0.3) is 0 Å². The van der Waals surface area contributed by atoms with E-state index >= 15 is 0 Å². The molecule has 0 saturated heterocycles. The summed E-state index contributed by atoms with van der Waals surface area (Å²) in [5.74, 6) is -0.396. The summed E-state index contributed by atoms with van der Waals surface area (Å²) in [6.07, 6.45) is 6.00. The number of nitrogens with one attached hydrogen (secondary N) is 1. The number of hydrogen-bond donors (Lipinski definition) is 2. The third kappa shape index (κ3) is 3.46. The highest BCUT2D eigenvalue weighted by molar-refractivity contribution is 5.95. The van der Waals surface area contributed by atoms with Gasteiger partial charge in [0, 0.05) is 11.7 Å². The Morgan fingerprint density at radius 1 is 1.37 bits per heavy atom. The Bertz CT molecular complexity index is 455. The van der Waals surface area contributed by atoms with Crippen molar-refractivity contribution in [2.75, 3.05) is 5.73 Å². The van der Waals surface area contributed by atoms with Crippen LogP contribution in [0.2, 0.25) is 0 Å². The van der Waals surface area contributed by atoms with E-state index in [1.54, 1.807) is 0 Å². The minimum atomic E-state index is -0.525. The number of anilines is 1. The lowest BCUT2D eigenvalue weighted by Gasteiger charge is -2.28. The average molecular weight is 264 g/mol. The first-order valence-electron chi connectivity index (χ1n) is 6.94. The van der Waals surface area contributed by atoms with Gasteiger partial charge in [-0.1, -0.05) is 19.3 Å². The molecule has 1 aromatic carbocycles. The van der Waals surface area contributed by atoms with Crippen molar-refractivity contribution in [3.8, 4) is 0 Å². The Hall–Kier alpha value is -1.58. The first-order chi connectivity index (χ1) is 9.08. The van der Waals surface area contributed by atoms with Gasteiger partial charge in [0.05, 0.1) is 5.56 Å². The highest BCUT2D eigenvalue weighted by Crippen LogP contribution is 2.26. The smallest absolute Gasteiger partial charge is 0.254 e. The van der Waals surface area contributed by atoms with Crippen molar-refractivity contribution < 1.29 is 9.18 Å². The topological polar surface area (TPSA) is 55.1 Å². The van der Waals surface area contributed by atoms with Crippen molar-refractivity contribution in [3.05, 3.63) is 29.6 Å². The molecule has 3 N–H and O–H groups in total. The van der Waals surface area contributed by atoms with Crippen LogP contribution in [0.3, 0.4) is 0 Å². The molecular weight excluding hydrogens is 243 g/mol. The Morgan fingerprint density at radius 2 is 2.05 bits per heavy atom. The Labute approximate surface area is 113 Å². The molecule has 0 bridgehead atoms. The van der Waals surface area contributed by atoms with Crippen molar-refractivity contribution in [2.24, 2.45) is 5.92 Å². The molecule has 104 valence electrons. The highest BCUT2D eigenvalue weighted by Gasteiger charge is 2.22. The second-order valence-electron chi connectivity index (χ2n) is 5.40. The van der Waals surface area contributed by atoms with Gasteiger partial charge in [0.15, 0.2) is 0 Å². The number of carbonyl (C=O) groups is 1. The van der Waals surface area contributed by atoms with Crippen molar-refractivity contribution in [1.29, 1.82) is 0 Å². The van der Waals surface area contributed by atoms with Crippen LogP contribution in [0.5, 0.6) is 0 Å². The number of benzene rings is 1. The molecule has 2 rings (SSSR count). The quantitative estimate of drug-likeness (QED) is 0.824. The third-order valence-electron chi connectivity index (χ3n) is 3.95. The van der Waals surface area contributed by atoms with E-state index in [1.807, 2.05) is 6.92 Å². The molecule has 0 aliphatic heterocycles. The van der Waals surface area contributed by atoms with Crippen LogP contribution in [0.15, 0.2) is 18.2 Å². The number of halogens is 1. The minimum Gasteiger partial charge on any atom is -0.399 e. The molecule has 1 aromatic rings. The van der Waals surface area contributed by atoms with Crippen LogP contribution in [0, 0.1) is 11.7 Å². The number of nitrogens with two attached hydrogens (primary N) is 1. The van der Waals surface area contributed by atoms with E-state index in [2.05, 4.69) is 5.32 Å². The first-order valence-corrected chi connectivity index (χ1v) is 6.94. The van der Waals surface area contributed by atoms with E-state index in [0.717, 1.165) is 12.8 Å². The van der Waals surface area contributed by atoms with Crippen molar-refractivity contribution in [2.45, 2.75) is 45.1 Å². The zero-order valence-electron chi connectivity index (χ0n) is 11.3. The van der Waals surface area contributed by atoms with Gasteiger partial charge in [-0.2, -0.15) is 0 Å². The number of carbonyl (C=O) groups excluding carboxylic acids is 1. The van der Waals surface area contributed by atoms with Gasteiger partial charge >= 0.3 is 0 Å². The van der Waals surface area contributed by atoms with E-state index in [1.165, 1.54) is 37.5 Å². The zero-order valence-corrected chi connectivity index (χ0v) is 11.3. The minimum absolute atomic E-state index is 0.0302. The van der Waals surface area contributed by atoms with Crippen LogP contribution < -0.4 is 11.1 Å². The van der Waals surface area contributed by atoms with Gasteiger partial charge in [-0.3, -0.25) is 4.79 Å². The molecule has 1 unspecified atom stereocenters. The fourth-order valence-electron chi connectivity index (χ4n) is 2.75. The maximum absolute atomic E-state index is 13.6. The van der Waals surface area contributed by atoms with Gasteiger partial charge in [0.2, 0.25) is 0 Å². The van der Waals surface area contributed by atoms with Crippen molar-refractivity contribution in [3.63, 3.8) is 0 Å². The summed E-state index contributed by atoms with van der Waals surface area (Å²) in [7, 11) is 0. The molecule has 4 heteroatoms. The van der Waals surface area contributed by atoms with Crippen LogP contribution in [-0.2, 0) is 0 Å². The summed E-state index contributed by atoms with van der Waals surface area (Å²) in [5.41, 5.74) is 6.02. The molecule has 1 aliphatic rings. The largest absolute Gasteiger partial charge is 0.399 e. The van der Waals surface area contributed by atoms with Crippen LogP contribution in [-0.4, -0.2) is 11.9 Å². The molecule has 0 aromatic heterocycles. The van der Waals surface area contributed by atoms with Crippen LogP contribution >= 0.6 is 0 Å². The van der Waals surface area contributed by atoms with E-state index < -0.39 is 5.82 Å². The van der Waals surface area contributed by atoms with E-state index in [9.17, 15) is 9.18 Å². The zero-order chi connectivity index (χ0) is 13.8. The summed E-state index contributed by atoms with van der Waals surface area (Å²) in [4.78, 5) is 12.1. The van der Waals surface area contributed by atoms with Crippen molar-refractivity contribution in [1.82, 2.24) is 5.32 Å². The lowest BCUT2D eigenvalue weighted by molar-refractivity contribution is 0.0915. The van der Waals surface area contributed by atoms with Crippen molar-refractivity contribution >= 4 is 11.6 Å².